The first-order valence-corrected chi connectivity index (χ1v) is 9.99. The molecule has 0 aromatic heterocycles. The molecule has 3 amide bonds. The van der Waals surface area contributed by atoms with Gasteiger partial charge in [-0.1, -0.05) is 65.7 Å². The number of amides is 3. The number of hydrogen-bond acceptors (Lipinski definition) is 2. The van der Waals surface area contributed by atoms with Gasteiger partial charge in [-0.3, -0.25) is 4.79 Å². The third-order valence-electron chi connectivity index (χ3n) is 5.06. The van der Waals surface area contributed by atoms with E-state index in [0.717, 1.165) is 16.0 Å². The minimum Gasteiger partial charge on any atom is -0.323 e. The van der Waals surface area contributed by atoms with Crippen LogP contribution in [0.4, 0.5) is 14.9 Å². The van der Waals surface area contributed by atoms with Crippen molar-refractivity contribution in [2.24, 2.45) is 0 Å². The normalized spacial score (nSPS) is 18.6. The summed E-state index contributed by atoms with van der Waals surface area (Å²) in [6, 6.07) is 17.8. The highest BCUT2D eigenvalue weighted by Gasteiger charge is 2.48. The van der Waals surface area contributed by atoms with Crippen molar-refractivity contribution >= 4 is 40.8 Å². The van der Waals surface area contributed by atoms with Crippen molar-refractivity contribution in [1.29, 1.82) is 0 Å². The number of anilines is 1. The molecule has 1 unspecified atom stereocenters. The Morgan fingerprint density at radius 3 is 2.23 bits per heavy atom. The molecule has 1 N–H and O–H groups in total. The highest BCUT2D eigenvalue weighted by molar-refractivity contribution is 6.35. The summed E-state index contributed by atoms with van der Waals surface area (Å²) < 4.78 is 14.0. The average Bonchev–Trinajstić information content (AvgIpc) is 2.90. The van der Waals surface area contributed by atoms with Gasteiger partial charge < -0.3 is 5.32 Å². The first-order valence-electron chi connectivity index (χ1n) is 9.23. The van der Waals surface area contributed by atoms with Crippen molar-refractivity contribution in [2.75, 3.05) is 4.90 Å². The Bertz CT molecular complexity index is 1130. The second-order valence-corrected chi connectivity index (χ2v) is 8.26. The van der Waals surface area contributed by atoms with Crippen LogP contribution in [-0.4, -0.2) is 17.5 Å². The Hall–Kier alpha value is -2.89. The number of imide groups is 1. The maximum Gasteiger partial charge on any atom is 0.329 e. The Balaban J connectivity index is 1.58. The molecule has 0 aliphatic carbocycles. The van der Waals surface area contributed by atoms with Crippen molar-refractivity contribution in [3.63, 3.8) is 0 Å². The molecule has 3 aromatic carbocycles. The monoisotopic (exact) mass is 442 g/mol. The largest absolute Gasteiger partial charge is 0.329 e. The van der Waals surface area contributed by atoms with Crippen LogP contribution in [0.25, 0.3) is 11.1 Å². The van der Waals surface area contributed by atoms with E-state index in [2.05, 4.69) is 5.32 Å². The predicted octanol–water partition coefficient (Wildman–Crippen LogP) is 5.86. The lowest BCUT2D eigenvalue weighted by atomic mass is 9.91. The Morgan fingerprint density at radius 2 is 1.60 bits per heavy atom. The lowest BCUT2D eigenvalue weighted by Gasteiger charge is -2.22. The van der Waals surface area contributed by atoms with Gasteiger partial charge in [0.15, 0.2) is 0 Å². The minimum absolute atomic E-state index is 0.278. The molecule has 4 nitrogen and oxygen atoms in total. The fourth-order valence-electron chi connectivity index (χ4n) is 3.61. The van der Waals surface area contributed by atoms with Gasteiger partial charge in [-0.25, -0.2) is 14.1 Å². The highest BCUT2D eigenvalue weighted by Crippen LogP contribution is 2.32. The molecule has 0 saturated carbocycles. The number of nitrogens with zero attached hydrogens (tertiary/aromatic N) is 1. The first-order chi connectivity index (χ1) is 14.3. The van der Waals surface area contributed by atoms with Crippen LogP contribution in [0.5, 0.6) is 0 Å². The lowest BCUT2D eigenvalue weighted by Crippen LogP contribution is -2.46. The van der Waals surface area contributed by atoms with E-state index in [1.54, 1.807) is 37.3 Å². The topological polar surface area (TPSA) is 49.4 Å². The van der Waals surface area contributed by atoms with Crippen molar-refractivity contribution < 1.29 is 14.0 Å². The van der Waals surface area contributed by atoms with Gasteiger partial charge in [0.25, 0.3) is 5.91 Å². The molecular formula is C23H17Cl2FN2O2. The summed E-state index contributed by atoms with van der Waals surface area (Å²) >= 11 is 12.0. The molecular weight excluding hydrogens is 426 g/mol. The third-order valence-corrected chi connectivity index (χ3v) is 5.50. The van der Waals surface area contributed by atoms with Gasteiger partial charge >= 0.3 is 6.03 Å². The molecule has 1 aliphatic rings. The quantitative estimate of drug-likeness (QED) is 0.514. The smallest absolute Gasteiger partial charge is 0.323 e. The maximum atomic E-state index is 14.0. The Morgan fingerprint density at radius 1 is 0.967 bits per heavy atom. The van der Waals surface area contributed by atoms with Gasteiger partial charge in [0, 0.05) is 22.0 Å². The molecule has 4 rings (SSSR count). The molecule has 0 bridgehead atoms. The molecule has 1 heterocycles. The number of carbonyl (C=O) groups is 2. The Kier molecular flexibility index (Phi) is 5.26. The molecule has 0 radical (unpaired) electrons. The van der Waals surface area contributed by atoms with E-state index in [1.165, 1.54) is 24.3 Å². The zero-order valence-electron chi connectivity index (χ0n) is 16.0. The van der Waals surface area contributed by atoms with Crippen LogP contribution in [0.1, 0.15) is 12.5 Å². The Labute approximate surface area is 183 Å². The fraction of sp³-hybridized carbons (Fsp3) is 0.130. The molecule has 1 saturated heterocycles. The van der Waals surface area contributed by atoms with Gasteiger partial charge in [0.2, 0.25) is 0 Å². The molecule has 3 aromatic rings. The molecule has 152 valence electrons. The number of nitrogens with one attached hydrogen (secondary N) is 1. The van der Waals surface area contributed by atoms with Crippen LogP contribution < -0.4 is 10.2 Å². The summed E-state index contributed by atoms with van der Waals surface area (Å²) in [5.41, 5.74) is 1.25. The van der Waals surface area contributed by atoms with Crippen LogP contribution in [-0.2, 0) is 11.2 Å². The van der Waals surface area contributed by atoms with Crippen LogP contribution in [0.15, 0.2) is 66.7 Å². The number of halogens is 3. The van der Waals surface area contributed by atoms with E-state index in [9.17, 15) is 14.0 Å². The van der Waals surface area contributed by atoms with Crippen LogP contribution in [0.3, 0.4) is 0 Å². The van der Waals surface area contributed by atoms with Crippen LogP contribution >= 0.6 is 23.2 Å². The van der Waals surface area contributed by atoms with E-state index in [1.807, 2.05) is 12.1 Å². The molecule has 1 atom stereocenters. The summed E-state index contributed by atoms with van der Waals surface area (Å²) in [6.45, 7) is 1.67. The minimum atomic E-state index is -1.13. The summed E-state index contributed by atoms with van der Waals surface area (Å²) in [7, 11) is 0. The van der Waals surface area contributed by atoms with E-state index < -0.39 is 17.5 Å². The fourth-order valence-corrected chi connectivity index (χ4v) is 4.13. The molecule has 1 fully saturated rings. The van der Waals surface area contributed by atoms with Crippen molar-refractivity contribution in [2.45, 2.75) is 18.9 Å². The van der Waals surface area contributed by atoms with Crippen molar-refractivity contribution in [1.82, 2.24) is 5.32 Å². The standard InChI is InChI=1S/C23H17Cl2FN2O2/c1-23(13-14-6-8-15(9-7-14)19-4-2-3-5-20(19)26)21(29)28(22(30)27-23)18-11-16(24)10-17(25)12-18/h2-12H,13H2,1H3,(H,27,30). The number of urea groups is 1. The van der Waals surface area contributed by atoms with Crippen molar-refractivity contribution in [3.05, 3.63) is 88.2 Å². The summed E-state index contributed by atoms with van der Waals surface area (Å²) in [5, 5.41) is 3.42. The lowest BCUT2D eigenvalue weighted by molar-refractivity contribution is -0.121. The molecule has 1 aliphatic heterocycles. The van der Waals surface area contributed by atoms with Gasteiger partial charge in [0.1, 0.15) is 11.4 Å². The number of hydrogen-bond donors (Lipinski definition) is 1. The van der Waals surface area contributed by atoms with Crippen molar-refractivity contribution in [3.8, 4) is 11.1 Å². The van der Waals surface area contributed by atoms with Crippen LogP contribution in [0, 0.1) is 5.82 Å². The second kappa shape index (κ2) is 7.74. The van der Waals surface area contributed by atoms with Gasteiger partial charge in [-0.2, -0.15) is 0 Å². The number of carbonyl (C=O) groups excluding carboxylic acids is 2. The summed E-state index contributed by atoms with van der Waals surface area (Å²) in [4.78, 5) is 26.7. The number of rotatable bonds is 4. The van der Waals surface area contributed by atoms with E-state index in [4.69, 9.17) is 23.2 Å². The van der Waals surface area contributed by atoms with E-state index in [-0.39, 0.29) is 12.2 Å². The molecule has 7 heteroatoms. The maximum absolute atomic E-state index is 14.0. The first kappa shape index (κ1) is 20.4. The van der Waals surface area contributed by atoms with Gasteiger partial charge in [-0.15, -0.1) is 0 Å². The highest BCUT2D eigenvalue weighted by atomic mass is 35.5. The predicted molar refractivity (Wildman–Crippen MR) is 116 cm³/mol. The zero-order valence-corrected chi connectivity index (χ0v) is 17.5. The van der Waals surface area contributed by atoms with Gasteiger partial charge in [0.05, 0.1) is 5.69 Å². The van der Waals surface area contributed by atoms with E-state index >= 15 is 0 Å². The summed E-state index contributed by atoms with van der Waals surface area (Å²) in [6.07, 6.45) is 0.278. The average molecular weight is 443 g/mol. The number of benzene rings is 3. The summed E-state index contributed by atoms with van der Waals surface area (Å²) in [5.74, 6) is -0.699. The molecule has 30 heavy (non-hydrogen) atoms. The van der Waals surface area contributed by atoms with E-state index in [0.29, 0.717) is 21.3 Å². The zero-order chi connectivity index (χ0) is 21.5. The van der Waals surface area contributed by atoms with Crippen LogP contribution in [0.2, 0.25) is 10.0 Å². The SMILES string of the molecule is CC1(Cc2ccc(-c3ccccc3F)cc2)NC(=O)N(c2cc(Cl)cc(Cl)c2)C1=O. The molecule has 0 spiro atoms. The van der Waals surface area contributed by atoms with Gasteiger partial charge in [-0.05, 0) is 42.3 Å². The third kappa shape index (κ3) is 3.78. The second-order valence-electron chi connectivity index (χ2n) is 7.38.